The van der Waals surface area contributed by atoms with Crippen LogP contribution in [0.3, 0.4) is 0 Å². The summed E-state index contributed by atoms with van der Waals surface area (Å²) >= 11 is 3.53. The molecular formula is C17H20BrNO2. The maximum absolute atomic E-state index is 5.83. The Bertz CT molecular complexity index is 570. The molecule has 0 unspecified atom stereocenters. The van der Waals surface area contributed by atoms with Gasteiger partial charge in [-0.1, -0.05) is 35.0 Å². The molecule has 0 atom stereocenters. The molecule has 1 N–H and O–H groups in total. The van der Waals surface area contributed by atoms with Gasteiger partial charge >= 0.3 is 0 Å². The summed E-state index contributed by atoms with van der Waals surface area (Å²) in [4.78, 5) is 0. The largest absolute Gasteiger partial charge is 0.497 e. The van der Waals surface area contributed by atoms with Crippen molar-refractivity contribution < 1.29 is 9.47 Å². The van der Waals surface area contributed by atoms with Gasteiger partial charge in [0.05, 0.1) is 7.11 Å². The standard InChI is InChI=1S/C17H20BrNO2/c1-3-19-11-13-4-6-15(7-5-13)21-12-14-10-16(20-2)8-9-17(14)18/h4-10,19H,3,11-12H2,1-2H3. The van der Waals surface area contributed by atoms with Crippen molar-refractivity contribution in [1.29, 1.82) is 0 Å². The van der Waals surface area contributed by atoms with Gasteiger partial charge in [-0.2, -0.15) is 0 Å². The van der Waals surface area contributed by atoms with Gasteiger partial charge in [0.15, 0.2) is 0 Å². The second kappa shape index (κ2) is 8.05. The van der Waals surface area contributed by atoms with Crippen LogP contribution in [0, 0.1) is 0 Å². The van der Waals surface area contributed by atoms with Crippen LogP contribution in [-0.4, -0.2) is 13.7 Å². The van der Waals surface area contributed by atoms with Crippen molar-refractivity contribution in [1.82, 2.24) is 5.32 Å². The first-order valence-electron chi connectivity index (χ1n) is 6.97. The minimum atomic E-state index is 0.504. The minimum absolute atomic E-state index is 0.504. The highest BCUT2D eigenvalue weighted by Gasteiger charge is 2.03. The Kier molecular flexibility index (Phi) is 6.08. The van der Waals surface area contributed by atoms with Crippen LogP contribution >= 0.6 is 15.9 Å². The first-order chi connectivity index (χ1) is 10.2. The molecule has 0 aliphatic carbocycles. The number of halogens is 1. The van der Waals surface area contributed by atoms with E-state index in [2.05, 4.69) is 40.3 Å². The lowest BCUT2D eigenvalue weighted by Gasteiger charge is -2.10. The number of ether oxygens (including phenoxy) is 2. The normalized spacial score (nSPS) is 10.4. The Balaban J connectivity index is 1.96. The lowest BCUT2D eigenvalue weighted by atomic mass is 10.2. The van der Waals surface area contributed by atoms with E-state index in [9.17, 15) is 0 Å². The van der Waals surface area contributed by atoms with E-state index < -0.39 is 0 Å². The van der Waals surface area contributed by atoms with Crippen LogP contribution in [0.1, 0.15) is 18.1 Å². The molecule has 0 saturated heterocycles. The molecule has 0 saturated carbocycles. The summed E-state index contributed by atoms with van der Waals surface area (Å²) < 4.78 is 12.1. The SMILES string of the molecule is CCNCc1ccc(OCc2cc(OC)ccc2Br)cc1. The molecule has 2 rings (SSSR count). The summed E-state index contributed by atoms with van der Waals surface area (Å²) in [7, 11) is 1.66. The van der Waals surface area contributed by atoms with Gasteiger partial charge in [0, 0.05) is 16.6 Å². The third-order valence-corrected chi connectivity index (χ3v) is 3.92. The molecular weight excluding hydrogens is 330 g/mol. The minimum Gasteiger partial charge on any atom is -0.497 e. The zero-order chi connectivity index (χ0) is 15.1. The number of benzene rings is 2. The van der Waals surface area contributed by atoms with E-state index in [0.717, 1.165) is 34.6 Å². The number of hydrogen-bond donors (Lipinski definition) is 1. The Hall–Kier alpha value is -1.52. The maximum atomic E-state index is 5.83. The summed E-state index contributed by atoms with van der Waals surface area (Å²) in [6.45, 7) is 4.47. The molecule has 0 aromatic heterocycles. The van der Waals surface area contributed by atoms with E-state index >= 15 is 0 Å². The summed E-state index contributed by atoms with van der Waals surface area (Å²) in [5.74, 6) is 1.70. The molecule has 0 fully saturated rings. The van der Waals surface area contributed by atoms with E-state index in [0.29, 0.717) is 6.61 Å². The van der Waals surface area contributed by atoms with Gasteiger partial charge in [-0.25, -0.2) is 0 Å². The molecule has 0 radical (unpaired) electrons. The molecule has 0 aliphatic rings. The van der Waals surface area contributed by atoms with Gasteiger partial charge in [-0.3, -0.25) is 0 Å². The van der Waals surface area contributed by atoms with Gasteiger partial charge in [0.2, 0.25) is 0 Å². The van der Waals surface area contributed by atoms with Crippen molar-refractivity contribution >= 4 is 15.9 Å². The Labute approximate surface area is 134 Å². The van der Waals surface area contributed by atoms with Gasteiger partial charge < -0.3 is 14.8 Å². The lowest BCUT2D eigenvalue weighted by Crippen LogP contribution is -2.11. The van der Waals surface area contributed by atoms with Crippen molar-refractivity contribution in [3.05, 3.63) is 58.1 Å². The third kappa shape index (κ3) is 4.76. The first-order valence-corrected chi connectivity index (χ1v) is 7.77. The number of nitrogens with one attached hydrogen (secondary N) is 1. The Morgan fingerprint density at radius 1 is 1.05 bits per heavy atom. The number of hydrogen-bond acceptors (Lipinski definition) is 3. The fourth-order valence-corrected chi connectivity index (χ4v) is 2.28. The highest BCUT2D eigenvalue weighted by atomic mass is 79.9. The van der Waals surface area contributed by atoms with E-state index in [4.69, 9.17) is 9.47 Å². The number of rotatable bonds is 7. The molecule has 0 aliphatic heterocycles. The predicted octanol–water partition coefficient (Wildman–Crippen LogP) is 4.15. The van der Waals surface area contributed by atoms with Gasteiger partial charge in [-0.15, -0.1) is 0 Å². The summed E-state index contributed by atoms with van der Waals surface area (Å²) in [6.07, 6.45) is 0. The topological polar surface area (TPSA) is 30.5 Å². The smallest absolute Gasteiger partial charge is 0.119 e. The van der Waals surface area contributed by atoms with E-state index in [1.54, 1.807) is 7.11 Å². The van der Waals surface area contributed by atoms with Crippen LogP contribution in [0.25, 0.3) is 0 Å². The van der Waals surface area contributed by atoms with Crippen molar-refractivity contribution in [3.8, 4) is 11.5 Å². The number of methoxy groups -OCH3 is 1. The quantitative estimate of drug-likeness (QED) is 0.814. The van der Waals surface area contributed by atoms with Gasteiger partial charge in [-0.05, 0) is 42.4 Å². The van der Waals surface area contributed by atoms with Crippen LogP contribution in [0.15, 0.2) is 46.9 Å². The van der Waals surface area contributed by atoms with Crippen molar-refractivity contribution in [2.45, 2.75) is 20.1 Å². The van der Waals surface area contributed by atoms with Crippen LogP contribution < -0.4 is 14.8 Å². The molecule has 3 nitrogen and oxygen atoms in total. The van der Waals surface area contributed by atoms with E-state index in [1.165, 1.54) is 5.56 Å². The average molecular weight is 350 g/mol. The second-order valence-corrected chi connectivity index (χ2v) is 5.52. The fraction of sp³-hybridized carbons (Fsp3) is 0.294. The molecule has 112 valence electrons. The van der Waals surface area contributed by atoms with Gasteiger partial charge in [0.25, 0.3) is 0 Å². The van der Waals surface area contributed by atoms with Crippen molar-refractivity contribution in [3.63, 3.8) is 0 Å². The highest BCUT2D eigenvalue weighted by molar-refractivity contribution is 9.10. The molecule has 0 amide bonds. The zero-order valence-electron chi connectivity index (χ0n) is 12.4. The zero-order valence-corrected chi connectivity index (χ0v) is 13.9. The van der Waals surface area contributed by atoms with E-state index in [-0.39, 0.29) is 0 Å². The molecule has 2 aromatic rings. The molecule has 0 spiro atoms. The fourth-order valence-electron chi connectivity index (χ4n) is 1.92. The molecule has 0 heterocycles. The Morgan fingerprint density at radius 3 is 2.43 bits per heavy atom. The lowest BCUT2D eigenvalue weighted by molar-refractivity contribution is 0.304. The maximum Gasteiger partial charge on any atom is 0.119 e. The molecule has 2 aromatic carbocycles. The third-order valence-electron chi connectivity index (χ3n) is 3.15. The Morgan fingerprint density at radius 2 is 1.76 bits per heavy atom. The van der Waals surface area contributed by atoms with Crippen molar-refractivity contribution in [2.75, 3.05) is 13.7 Å². The van der Waals surface area contributed by atoms with Crippen LogP contribution in [-0.2, 0) is 13.2 Å². The van der Waals surface area contributed by atoms with Crippen LogP contribution in [0.2, 0.25) is 0 Å². The molecule has 0 bridgehead atoms. The van der Waals surface area contributed by atoms with Crippen LogP contribution in [0.5, 0.6) is 11.5 Å². The van der Waals surface area contributed by atoms with Crippen molar-refractivity contribution in [2.24, 2.45) is 0 Å². The second-order valence-electron chi connectivity index (χ2n) is 4.67. The summed E-state index contributed by atoms with van der Waals surface area (Å²) in [5.41, 5.74) is 2.32. The van der Waals surface area contributed by atoms with E-state index in [1.807, 2.05) is 30.3 Å². The monoisotopic (exact) mass is 349 g/mol. The van der Waals surface area contributed by atoms with Crippen LogP contribution in [0.4, 0.5) is 0 Å². The molecule has 4 heteroatoms. The predicted molar refractivity (Wildman–Crippen MR) is 88.8 cm³/mol. The van der Waals surface area contributed by atoms with Gasteiger partial charge in [0.1, 0.15) is 18.1 Å². The average Bonchev–Trinajstić information content (AvgIpc) is 2.53. The first kappa shape index (κ1) is 15.9. The summed E-state index contributed by atoms with van der Waals surface area (Å²) in [6, 6.07) is 14.0. The highest BCUT2D eigenvalue weighted by Crippen LogP contribution is 2.24. The molecule has 21 heavy (non-hydrogen) atoms. The summed E-state index contributed by atoms with van der Waals surface area (Å²) in [5, 5.41) is 3.30.